The van der Waals surface area contributed by atoms with Gasteiger partial charge >= 0.3 is 6.01 Å². The van der Waals surface area contributed by atoms with Gasteiger partial charge in [-0.05, 0) is 56.2 Å². The molecule has 1 amide bonds. The lowest BCUT2D eigenvalue weighted by molar-refractivity contribution is -0.122. The van der Waals surface area contributed by atoms with E-state index in [0.29, 0.717) is 34.2 Å². The molecule has 37 heavy (non-hydrogen) atoms. The maximum absolute atomic E-state index is 14.0. The number of pyridine rings is 1. The van der Waals surface area contributed by atoms with Gasteiger partial charge in [0.2, 0.25) is 5.91 Å². The topological polar surface area (TPSA) is 120 Å². The molecule has 9 nitrogen and oxygen atoms in total. The zero-order valence-electron chi connectivity index (χ0n) is 20.8. The highest BCUT2D eigenvalue weighted by molar-refractivity contribution is 7.90. The van der Waals surface area contributed by atoms with Crippen molar-refractivity contribution in [2.75, 3.05) is 14.2 Å². The third-order valence-corrected chi connectivity index (χ3v) is 8.17. The first-order valence-corrected chi connectivity index (χ1v) is 13.1. The molecule has 1 N–H and O–H groups in total. The highest BCUT2D eigenvalue weighted by Crippen LogP contribution is 2.62. The molecule has 1 aliphatic rings. The minimum absolute atomic E-state index is 0.0119. The van der Waals surface area contributed by atoms with Crippen LogP contribution in [-0.2, 0) is 20.2 Å². The second kappa shape index (κ2) is 9.11. The van der Waals surface area contributed by atoms with Crippen LogP contribution < -0.4 is 14.2 Å². The third kappa shape index (κ3) is 4.27. The summed E-state index contributed by atoms with van der Waals surface area (Å²) in [7, 11) is -1.24. The van der Waals surface area contributed by atoms with Crippen molar-refractivity contribution in [3.8, 4) is 11.8 Å². The van der Waals surface area contributed by atoms with Crippen LogP contribution in [0.3, 0.4) is 0 Å². The molecule has 0 radical (unpaired) electrons. The van der Waals surface area contributed by atoms with Crippen molar-refractivity contribution < 1.29 is 22.7 Å². The maximum atomic E-state index is 14.0. The Morgan fingerprint density at radius 2 is 1.78 bits per heavy atom. The van der Waals surface area contributed by atoms with E-state index >= 15 is 0 Å². The largest absolute Gasteiger partial charge is 0.496 e. The number of aromatic nitrogens is 3. The predicted octanol–water partition coefficient (Wildman–Crippen LogP) is 3.59. The first-order chi connectivity index (χ1) is 17.7. The average molecular weight is 519 g/mol. The molecule has 2 atom stereocenters. The Hall–Kier alpha value is -4.05. The molecule has 2 aromatic carbocycles. The van der Waals surface area contributed by atoms with Gasteiger partial charge in [-0.3, -0.25) is 9.78 Å². The molecule has 0 bridgehead atoms. The highest BCUT2D eigenvalue weighted by atomic mass is 32.2. The van der Waals surface area contributed by atoms with Crippen LogP contribution >= 0.6 is 0 Å². The second-order valence-electron chi connectivity index (χ2n) is 9.14. The number of rotatable bonds is 7. The average Bonchev–Trinajstić information content (AvgIpc) is 3.65. The van der Waals surface area contributed by atoms with Crippen LogP contribution in [0.15, 0.2) is 65.8 Å². The molecule has 10 heteroatoms. The van der Waals surface area contributed by atoms with Crippen LogP contribution in [0.1, 0.15) is 34.7 Å². The number of nitrogens with zero attached hydrogens (tertiary/aromatic N) is 3. The van der Waals surface area contributed by atoms with Gasteiger partial charge in [-0.25, -0.2) is 23.1 Å². The first-order valence-electron chi connectivity index (χ1n) is 11.6. The van der Waals surface area contributed by atoms with Crippen LogP contribution in [-0.4, -0.2) is 43.5 Å². The lowest BCUT2D eigenvalue weighted by Crippen LogP contribution is -2.40. The summed E-state index contributed by atoms with van der Waals surface area (Å²) in [6.45, 7) is 3.74. The summed E-state index contributed by atoms with van der Waals surface area (Å²) >= 11 is 0. The van der Waals surface area contributed by atoms with Gasteiger partial charge in [0.05, 0.1) is 30.0 Å². The summed E-state index contributed by atoms with van der Waals surface area (Å²) in [5, 5.41) is 0.437. The SMILES string of the molecule is COc1ncc([C@@H]2C[C@]2(C(=O)NS(=O)(=O)c2cccc3nc(C)ccc23)c2cc(C)ccc2OC)cn1. The third-order valence-electron chi connectivity index (χ3n) is 6.78. The van der Waals surface area contributed by atoms with Gasteiger partial charge in [-0.1, -0.05) is 23.8 Å². The van der Waals surface area contributed by atoms with E-state index in [9.17, 15) is 13.2 Å². The van der Waals surface area contributed by atoms with E-state index < -0.39 is 21.3 Å². The smallest absolute Gasteiger partial charge is 0.316 e. The van der Waals surface area contributed by atoms with Crippen LogP contribution in [0, 0.1) is 13.8 Å². The standard InChI is InChI=1S/C27H26N4O5S/c1-16-8-11-23(35-3)20(12-16)27(13-21(27)18-14-28-26(36-4)29-15-18)25(32)31-37(33,34)24-7-5-6-22-19(24)10-9-17(2)30-22/h5-12,14-15,21H,13H2,1-4H3,(H,31,32)/t21-,27-/m0/s1. The molecular weight excluding hydrogens is 492 g/mol. The molecule has 1 aliphatic carbocycles. The van der Waals surface area contributed by atoms with Crippen molar-refractivity contribution in [3.05, 3.63) is 83.3 Å². The molecule has 2 heterocycles. The fourth-order valence-corrected chi connectivity index (χ4v) is 6.11. The summed E-state index contributed by atoms with van der Waals surface area (Å²) in [4.78, 5) is 26.7. The van der Waals surface area contributed by atoms with Crippen molar-refractivity contribution >= 4 is 26.8 Å². The highest BCUT2D eigenvalue weighted by Gasteiger charge is 2.63. The van der Waals surface area contributed by atoms with Gasteiger partial charge in [0, 0.05) is 35.0 Å². The number of sulfonamides is 1. The van der Waals surface area contributed by atoms with Gasteiger partial charge in [0.1, 0.15) is 5.75 Å². The number of carbonyl (C=O) groups excluding carboxylic acids is 1. The number of hydrogen-bond donors (Lipinski definition) is 1. The van der Waals surface area contributed by atoms with Crippen LogP contribution in [0.4, 0.5) is 0 Å². The first kappa shape index (κ1) is 24.6. The Morgan fingerprint density at radius 3 is 2.49 bits per heavy atom. The maximum Gasteiger partial charge on any atom is 0.316 e. The zero-order chi connectivity index (χ0) is 26.4. The number of nitrogens with one attached hydrogen (secondary N) is 1. The molecule has 4 aromatic rings. The van der Waals surface area contributed by atoms with Crippen LogP contribution in [0.25, 0.3) is 10.9 Å². The molecular formula is C27H26N4O5S. The molecule has 5 rings (SSSR count). The minimum atomic E-state index is -4.23. The Morgan fingerprint density at radius 1 is 1.03 bits per heavy atom. The number of ether oxygens (including phenoxy) is 2. The van der Waals surface area contributed by atoms with Crippen molar-refractivity contribution in [1.29, 1.82) is 0 Å². The molecule has 190 valence electrons. The zero-order valence-corrected chi connectivity index (χ0v) is 21.7. The van der Waals surface area contributed by atoms with E-state index in [1.807, 2.05) is 26.0 Å². The van der Waals surface area contributed by atoms with Gasteiger partial charge in [-0.15, -0.1) is 0 Å². The number of methoxy groups -OCH3 is 2. The van der Waals surface area contributed by atoms with Crippen molar-refractivity contribution in [3.63, 3.8) is 0 Å². The fourth-order valence-electron chi connectivity index (χ4n) is 4.85. The Bertz CT molecular complexity index is 1620. The number of aryl methyl sites for hydroxylation is 2. The molecule has 0 spiro atoms. The van der Waals surface area contributed by atoms with Gasteiger partial charge in [-0.2, -0.15) is 0 Å². The van der Waals surface area contributed by atoms with Crippen molar-refractivity contribution in [2.24, 2.45) is 0 Å². The summed E-state index contributed by atoms with van der Waals surface area (Å²) < 4.78 is 40.1. The normalized spacial score (nSPS) is 18.9. The minimum Gasteiger partial charge on any atom is -0.496 e. The van der Waals surface area contributed by atoms with E-state index in [1.54, 1.807) is 42.7 Å². The Kier molecular flexibility index (Phi) is 6.07. The molecule has 0 unspecified atom stereocenters. The number of hydrogen-bond acceptors (Lipinski definition) is 8. The number of benzene rings is 2. The van der Waals surface area contributed by atoms with E-state index in [0.717, 1.165) is 11.3 Å². The number of amides is 1. The van der Waals surface area contributed by atoms with E-state index in [2.05, 4.69) is 19.7 Å². The predicted molar refractivity (Wildman–Crippen MR) is 137 cm³/mol. The van der Waals surface area contributed by atoms with E-state index in [-0.39, 0.29) is 16.8 Å². The van der Waals surface area contributed by atoms with Crippen LogP contribution in [0.5, 0.6) is 11.8 Å². The van der Waals surface area contributed by atoms with Gasteiger partial charge in [0.15, 0.2) is 0 Å². The molecule has 0 aliphatic heterocycles. The van der Waals surface area contributed by atoms with Crippen LogP contribution in [0.2, 0.25) is 0 Å². The molecule has 1 saturated carbocycles. The van der Waals surface area contributed by atoms with E-state index in [1.165, 1.54) is 20.3 Å². The quantitative estimate of drug-likeness (QED) is 0.394. The summed E-state index contributed by atoms with van der Waals surface area (Å²) in [5.74, 6) is -0.504. The monoisotopic (exact) mass is 518 g/mol. The van der Waals surface area contributed by atoms with Gasteiger partial charge in [0.25, 0.3) is 10.0 Å². The fraction of sp³-hybridized carbons (Fsp3) is 0.259. The Labute approximate surface area is 214 Å². The Balaban J connectivity index is 1.58. The summed E-state index contributed by atoms with van der Waals surface area (Å²) in [6, 6.07) is 14.0. The van der Waals surface area contributed by atoms with Crippen molar-refractivity contribution in [2.45, 2.75) is 36.5 Å². The molecule has 1 fully saturated rings. The second-order valence-corrected chi connectivity index (χ2v) is 10.8. The van der Waals surface area contributed by atoms with E-state index in [4.69, 9.17) is 9.47 Å². The van der Waals surface area contributed by atoms with Gasteiger partial charge < -0.3 is 9.47 Å². The lowest BCUT2D eigenvalue weighted by Gasteiger charge is -2.21. The molecule has 2 aromatic heterocycles. The van der Waals surface area contributed by atoms with Crippen molar-refractivity contribution in [1.82, 2.24) is 19.7 Å². The summed E-state index contributed by atoms with van der Waals surface area (Å²) in [6.07, 6.45) is 3.56. The molecule has 0 saturated heterocycles. The lowest BCUT2D eigenvalue weighted by atomic mass is 9.89. The number of fused-ring (bicyclic) bond motifs is 1. The number of carbonyl (C=O) groups is 1. The summed E-state index contributed by atoms with van der Waals surface area (Å²) in [5.41, 5.74) is 2.32.